The van der Waals surface area contributed by atoms with Crippen molar-refractivity contribution in [2.24, 2.45) is 5.92 Å². The second kappa shape index (κ2) is 5.01. The first-order valence-corrected chi connectivity index (χ1v) is 5.71. The summed E-state index contributed by atoms with van der Waals surface area (Å²) < 4.78 is 13.4. The van der Waals surface area contributed by atoms with E-state index < -0.39 is 11.8 Å². The maximum Gasteiger partial charge on any atom is 0.338 e. The Bertz CT molecular complexity index is 491. The van der Waals surface area contributed by atoms with Gasteiger partial charge >= 0.3 is 5.97 Å². The Morgan fingerprint density at radius 1 is 1.35 bits per heavy atom. The maximum absolute atomic E-state index is 13.4. The molecule has 88 valence electrons. The summed E-state index contributed by atoms with van der Waals surface area (Å²) in [6.45, 7) is 0. The van der Waals surface area contributed by atoms with Crippen LogP contribution in [0.5, 0.6) is 0 Å². The Kier molecular flexibility index (Phi) is 3.43. The van der Waals surface area contributed by atoms with Crippen molar-refractivity contribution in [1.82, 2.24) is 0 Å². The van der Waals surface area contributed by atoms with E-state index in [1.54, 1.807) is 6.07 Å². The molecule has 0 unspecified atom stereocenters. The van der Waals surface area contributed by atoms with Crippen molar-refractivity contribution in [2.45, 2.75) is 25.7 Å². The standard InChI is InChI=1S/C14H13FO2/c15-13-9-11(7-8-12(13)14(16)17)6-5-10-3-1-2-4-10/h7-10H,1-4H2,(H,16,17). The van der Waals surface area contributed by atoms with Crippen LogP contribution in [0.25, 0.3) is 0 Å². The molecule has 1 aliphatic carbocycles. The summed E-state index contributed by atoms with van der Waals surface area (Å²) >= 11 is 0. The van der Waals surface area contributed by atoms with Crippen LogP contribution in [0.4, 0.5) is 4.39 Å². The summed E-state index contributed by atoms with van der Waals surface area (Å²) in [6.07, 6.45) is 4.66. The van der Waals surface area contributed by atoms with Crippen LogP contribution in [-0.4, -0.2) is 11.1 Å². The number of carbonyl (C=O) groups is 1. The number of aromatic carboxylic acids is 1. The predicted octanol–water partition coefficient (Wildman–Crippen LogP) is 3.07. The van der Waals surface area contributed by atoms with E-state index in [1.165, 1.54) is 25.0 Å². The Morgan fingerprint density at radius 3 is 2.65 bits per heavy atom. The summed E-state index contributed by atoms with van der Waals surface area (Å²) in [5.74, 6) is 4.46. The molecule has 0 amide bonds. The van der Waals surface area contributed by atoms with E-state index in [-0.39, 0.29) is 5.56 Å². The van der Waals surface area contributed by atoms with Crippen LogP contribution < -0.4 is 0 Å². The average molecular weight is 232 g/mol. The van der Waals surface area contributed by atoms with Gasteiger partial charge in [-0.15, -0.1) is 0 Å². The predicted molar refractivity (Wildman–Crippen MR) is 62.2 cm³/mol. The van der Waals surface area contributed by atoms with Crippen molar-refractivity contribution >= 4 is 5.97 Å². The van der Waals surface area contributed by atoms with Gasteiger partial charge in [0.25, 0.3) is 0 Å². The van der Waals surface area contributed by atoms with Crippen LogP contribution in [0.1, 0.15) is 41.6 Å². The smallest absolute Gasteiger partial charge is 0.338 e. The summed E-state index contributed by atoms with van der Waals surface area (Å²) in [5, 5.41) is 8.68. The Labute approximate surface area is 99.5 Å². The lowest BCUT2D eigenvalue weighted by atomic mass is 10.1. The molecule has 1 aromatic rings. The quantitative estimate of drug-likeness (QED) is 0.755. The molecule has 0 saturated heterocycles. The number of carboxylic acid groups (broad SMARTS) is 1. The molecule has 0 aliphatic heterocycles. The Morgan fingerprint density at radius 2 is 2.06 bits per heavy atom. The van der Waals surface area contributed by atoms with E-state index >= 15 is 0 Å². The fraction of sp³-hybridized carbons (Fsp3) is 0.357. The van der Waals surface area contributed by atoms with Crippen LogP contribution >= 0.6 is 0 Å². The van der Waals surface area contributed by atoms with Gasteiger partial charge in [-0.05, 0) is 31.0 Å². The molecule has 2 nitrogen and oxygen atoms in total. The fourth-order valence-electron chi connectivity index (χ4n) is 2.02. The van der Waals surface area contributed by atoms with Crippen LogP contribution in [0.2, 0.25) is 0 Å². The second-order valence-electron chi connectivity index (χ2n) is 4.25. The minimum Gasteiger partial charge on any atom is -0.478 e. The van der Waals surface area contributed by atoms with E-state index in [2.05, 4.69) is 11.8 Å². The minimum atomic E-state index is -1.25. The van der Waals surface area contributed by atoms with Gasteiger partial charge in [-0.1, -0.05) is 24.7 Å². The maximum atomic E-state index is 13.4. The third-order valence-electron chi connectivity index (χ3n) is 2.98. The van der Waals surface area contributed by atoms with E-state index in [0.29, 0.717) is 11.5 Å². The molecule has 3 heteroatoms. The van der Waals surface area contributed by atoms with Gasteiger partial charge in [0.2, 0.25) is 0 Å². The lowest BCUT2D eigenvalue weighted by Gasteiger charge is -1.98. The van der Waals surface area contributed by atoms with Gasteiger partial charge in [0.15, 0.2) is 0 Å². The zero-order chi connectivity index (χ0) is 12.3. The molecule has 0 radical (unpaired) electrons. The monoisotopic (exact) mass is 232 g/mol. The zero-order valence-electron chi connectivity index (χ0n) is 9.37. The topological polar surface area (TPSA) is 37.3 Å². The molecule has 0 atom stereocenters. The van der Waals surface area contributed by atoms with E-state index in [9.17, 15) is 9.18 Å². The van der Waals surface area contributed by atoms with Gasteiger partial charge < -0.3 is 5.11 Å². The fourth-order valence-corrected chi connectivity index (χ4v) is 2.02. The molecule has 1 aliphatic rings. The lowest BCUT2D eigenvalue weighted by Crippen LogP contribution is -2.00. The van der Waals surface area contributed by atoms with Crippen molar-refractivity contribution < 1.29 is 14.3 Å². The largest absolute Gasteiger partial charge is 0.478 e. The first-order chi connectivity index (χ1) is 8.16. The van der Waals surface area contributed by atoms with E-state index in [0.717, 1.165) is 12.8 Å². The second-order valence-corrected chi connectivity index (χ2v) is 4.25. The van der Waals surface area contributed by atoms with Gasteiger partial charge in [0.1, 0.15) is 5.82 Å². The highest BCUT2D eigenvalue weighted by Gasteiger charge is 2.12. The molecule has 1 N–H and O–H groups in total. The third-order valence-corrected chi connectivity index (χ3v) is 2.98. The van der Waals surface area contributed by atoms with Crippen LogP contribution in [0.3, 0.4) is 0 Å². The summed E-state index contributed by atoms with van der Waals surface area (Å²) in [5.41, 5.74) is 0.232. The number of carboxylic acids is 1. The van der Waals surface area contributed by atoms with Crippen LogP contribution in [-0.2, 0) is 0 Å². The van der Waals surface area contributed by atoms with Gasteiger partial charge in [-0.25, -0.2) is 9.18 Å². The molecule has 0 bridgehead atoms. The van der Waals surface area contributed by atoms with E-state index in [1.807, 2.05) is 0 Å². The van der Waals surface area contributed by atoms with Crippen LogP contribution in [0, 0.1) is 23.6 Å². The Balaban J connectivity index is 2.17. The van der Waals surface area contributed by atoms with Crippen LogP contribution in [0.15, 0.2) is 18.2 Å². The number of hydrogen-bond acceptors (Lipinski definition) is 1. The first-order valence-electron chi connectivity index (χ1n) is 5.71. The van der Waals surface area contributed by atoms with E-state index in [4.69, 9.17) is 5.11 Å². The Hall–Kier alpha value is -1.82. The summed E-state index contributed by atoms with van der Waals surface area (Å²) in [4.78, 5) is 10.6. The number of benzene rings is 1. The SMILES string of the molecule is O=C(O)c1ccc(C#CC2CCCC2)cc1F. The zero-order valence-corrected chi connectivity index (χ0v) is 9.37. The average Bonchev–Trinajstić information content (AvgIpc) is 2.78. The highest BCUT2D eigenvalue weighted by atomic mass is 19.1. The molecule has 1 saturated carbocycles. The lowest BCUT2D eigenvalue weighted by molar-refractivity contribution is 0.0692. The summed E-state index contributed by atoms with van der Waals surface area (Å²) in [6, 6.07) is 4.00. The third kappa shape index (κ3) is 2.85. The molecule has 2 rings (SSSR count). The first kappa shape index (κ1) is 11.7. The number of halogens is 1. The highest BCUT2D eigenvalue weighted by Crippen LogP contribution is 2.23. The van der Waals surface area contributed by atoms with Gasteiger partial charge in [0, 0.05) is 11.5 Å². The molecule has 0 heterocycles. The normalized spacial score (nSPS) is 15.4. The molecular formula is C14H13FO2. The molecule has 0 aromatic heterocycles. The van der Waals surface area contributed by atoms with Crippen molar-refractivity contribution in [2.75, 3.05) is 0 Å². The van der Waals surface area contributed by atoms with Gasteiger partial charge in [0.05, 0.1) is 5.56 Å². The highest BCUT2D eigenvalue weighted by molar-refractivity contribution is 5.88. The van der Waals surface area contributed by atoms with Gasteiger partial charge in [-0.3, -0.25) is 0 Å². The van der Waals surface area contributed by atoms with Gasteiger partial charge in [-0.2, -0.15) is 0 Å². The van der Waals surface area contributed by atoms with Crippen molar-refractivity contribution in [3.05, 3.63) is 35.1 Å². The van der Waals surface area contributed by atoms with Crippen molar-refractivity contribution in [3.63, 3.8) is 0 Å². The van der Waals surface area contributed by atoms with Crippen molar-refractivity contribution in [3.8, 4) is 11.8 Å². The number of rotatable bonds is 1. The minimum absolute atomic E-state index is 0.309. The molecule has 1 aromatic carbocycles. The molecule has 0 spiro atoms. The molecular weight excluding hydrogens is 219 g/mol. The summed E-state index contributed by atoms with van der Waals surface area (Å²) in [7, 11) is 0. The molecule has 1 fully saturated rings. The van der Waals surface area contributed by atoms with Crippen molar-refractivity contribution in [1.29, 1.82) is 0 Å². The molecule has 17 heavy (non-hydrogen) atoms. The number of hydrogen-bond donors (Lipinski definition) is 1.